The summed E-state index contributed by atoms with van der Waals surface area (Å²) in [5.74, 6) is -0.249. The molecular weight excluding hydrogens is 378 g/mol. The number of hydrogen-bond donors (Lipinski definition) is 0. The van der Waals surface area contributed by atoms with Gasteiger partial charge in [-0.15, -0.1) is 0 Å². The molecule has 1 aromatic carbocycles. The van der Waals surface area contributed by atoms with Crippen LogP contribution in [-0.2, 0) is 27.9 Å². The predicted molar refractivity (Wildman–Crippen MR) is 120 cm³/mol. The minimum absolute atomic E-state index is 0.0372. The summed E-state index contributed by atoms with van der Waals surface area (Å²) in [5.41, 5.74) is 2.01. The zero-order valence-corrected chi connectivity index (χ0v) is 18.3. The van der Waals surface area contributed by atoms with Crippen molar-refractivity contribution in [3.8, 4) is 0 Å². The van der Waals surface area contributed by atoms with E-state index in [4.69, 9.17) is 4.74 Å². The monoisotopic (exact) mass is 411 g/mol. The molecule has 0 atom stereocenters. The third-order valence-corrected chi connectivity index (χ3v) is 4.96. The van der Waals surface area contributed by atoms with Crippen molar-refractivity contribution in [3.63, 3.8) is 0 Å². The third-order valence-electron chi connectivity index (χ3n) is 4.96. The van der Waals surface area contributed by atoms with Gasteiger partial charge < -0.3 is 19.1 Å². The number of nitrogens with zero attached hydrogens (tertiary/aromatic N) is 3. The number of ether oxygens (including phenoxy) is 1. The molecule has 0 radical (unpaired) electrons. The van der Waals surface area contributed by atoms with E-state index in [1.54, 1.807) is 18.1 Å². The molecule has 6 heteroatoms. The molecule has 0 N–H and O–H groups in total. The van der Waals surface area contributed by atoms with Crippen LogP contribution in [0.1, 0.15) is 31.0 Å². The smallest absolute Gasteiger partial charge is 0.247 e. The van der Waals surface area contributed by atoms with Gasteiger partial charge in [0, 0.05) is 45.2 Å². The van der Waals surface area contributed by atoms with Gasteiger partial charge in [-0.3, -0.25) is 9.59 Å². The maximum atomic E-state index is 13.1. The third kappa shape index (κ3) is 7.52. The molecule has 30 heavy (non-hydrogen) atoms. The summed E-state index contributed by atoms with van der Waals surface area (Å²) in [4.78, 5) is 29.3. The Hall–Kier alpha value is -2.86. The first-order chi connectivity index (χ1) is 14.5. The molecule has 0 spiro atoms. The molecule has 6 nitrogen and oxygen atoms in total. The minimum Gasteiger partial charge on any atom is -0.383 e. The standard InChI is InChI=1S/C24H33N3O3/c1-4-5-16-26(19-22-12-9-15-25(22)2)24(29)20-27(17-18-30-3)23(28)14-13-21-10-7-6-8-11-21/h6-15H,4-5,16-20H2,1-3H3/b14-13+. The molecule has 0 fully saturated rings. The van der Waals surface area contributed by atoms with Crippen molar-refractivity contribution in [2.45, 2.75) is 26.3 Å². The molecule has 2 rings (SSSR count). The van der Waals surface area contributed by atoms with Gasteiger partial charge in [0.15, 0.2) is 0 Å². The number of aromatic nitrogens is 1. The van der Waals surface area contributed by atoms with Crippen LogP contribution in [0.2, 0.25) is 0 Å². The van der Waals surface area contributed by atoms with Crippen LogP contribution in [-0.4, -0.2) is 59.5 Å². The number of methoxy groups -OCH3 is 1. The highest BCUT2D eigenvalue weighted by molar-refractivity contribution is 5.94. The number of carbonyl (C=O) groups is 2. The summed E-state index contributed by atoms with van der Waals surface area (Å²) >= 11 is 0. The van der Waals surface area contributed by atoms with E-state index in [0.717, 1.165) is 24.1 Å². The normalized spacial score (nSPS) is 11.0. The molecule has 0 aliphatic heterocycles. The van der Waals surface area contributed by atoms with Gasteiger partial charge in [-0.2, -0.15) is 0 Å². The molecular formula is C24H33N3O3. The highest BCUT2D eigenvalue weighted by Gasteiger charge is 2.20. The summed E-state index contributed by atoms with van der Waals surface area (Å²) in [7, 11) is 3.56. The molecule has 0 aliphatic carbocycles. The number of carbonyl (C=O) groups excluding carboxylic acids is 2. The van der Waals surface area contributed by atoms with E-state index in [1.165, 1.54) is 6.08 Å². The second-order valence-corrected chi connectivity index (χ2v) is 7.28. The maximum Gasteiger partial charge on any atom is 0.247 e. The van der Waals surface area contributed by atoms with Gasteiger partial charge in [0.05, 0.1) is 13.2 Å². The molecule has 0 saturated carbocycles. The lowest BCUT2D eigenvalue weighted by Gasteiger charge is -2.27. The summed E-state index contributed by atoms with van der Waals surface area (Å²) in [6, 6.07) is 13.6. The Labute approximate surface area is 179 Å². The van der Waals surface area contributed by atoms with Crippen LogP contribution in [0.3, 0.4) is 0 Å². The van der Waals surface area contributed by atoms with E-state index >= 15 is 0 Å². The molecule has 1 heterocycles. The Morgan fingerprint density at radius 2 is 1.83 bits per heavy atom. The van der Waals surface area contributed by atoms with Crippen molar-refractivity contribution in [3.05, 3.63) is 66.0 Å². The first kappa shape index (κ1) is 23.4. The van der Waals surface area contributed by atoms with Crippen LogP contribution < -0.4 is 0 Å². The van der Waals surface area contributed by atoms with Gasteiger partial charge in [-0.1, -0.05) is 43.7 Å². The summed E-state index contributed by atoms with van der Waals surface area (Å²) in [6.45, 7) is 4.10. The van der Waals surface area contributed by atoms with Crippen LogP contribution in [0.15, 0.2) is 54.7 Å². The second-order valence-electron chi connectivity index (χ2n) is 7.28. The second kappa shape index (κ2) is 12.6. The van der Waals surface area contributed by atoms with E-state index in [-0.39, 0.29) is 18.4 Å². The average molecular weight is 412 g/mol. The van der Waals surface area contributed by atoms with E-state index < -0.39 is 0 Å². The van der Waals surface area contributed by atoms with Crippen LogP contribution in [0, 0.1) is 0 Å². The number of benzene rings is 1. The predicted octanol–water partition coefficient (Wildman–Crippen LogP) is 3.34. The fourth-order valence-corrected chi connectivity index (χ4v) is 3.07. The summed E-state index contributed by atoms with van der Waals surface area (Å²) in [5, 5.41) is 0. The molecule has 0 aliphatic rings. The topological polar surface area (TPSA) is 54.8 Å². The minimum atomic E-state index is -0.196. The Morgan fingerprint density at radius 1 is 1.07 bits per heavy atom. The van der Waals surface area contributed by atoms with Gasteiger partial charge in [0.2, 0.25) is 11.8 Å². The highest BCUT2D eigenvalue weighted by Crippen LogP contribution is 2.09. The largest absolute Gasteiger partial charge is 0.383 e. The Balaban J connectivity index is 2.08. The van der Waals surface area contributed by atoms with Crippen molar-refractivity contribution in [2.24, 2.45) is 7.05 Å². The average Bonchev–Trinajstić information content (AvgIpc) is 3.17. The number of aryl methyl sites for hydroxylation is 1. The summed E-state index contributed by atoms with van der Waals surface area (Å²) in [6.07, 6.45) is 7.19. The number of rotatable bonds is 12. The Bertz CT molecular complexity index is 814. The van der Waals surface area contributed by atoms with Gasteiger partial charge in [-0.25, -0.2) is 0 Å². The van der Waals surface area contributed by atoms with Gasteiger partial charge in [0.1, 0.15) is 6.54 Å². The van der Waals surface area contributed by atoms with E-state index in [2.05, 4.69) is 6.92 Å². The van der Waals surface area contributed by atoms with Crippen LogP contribution in [0.4, 0.5) is 0 Å². The molecule has 0 saturated heterocycles. The van der Waals surface area contributed by atoms with Crippen molar-refractivity contribution in [2.75, 3.05) is 33.4 Å². The van der Waals surface area contributed by atoms with Gasteiger partial charge in [-0.05, 0) is 30.2 Å². The Morgan fingerprint density at radius 3 is 2.47 bits per heavy atom. The Kier molecular flexibility index (Phi) is 9.87. The van der Waals surface area contributed by atoms with E-state index in [0.29, 0.717) is 26.2 Å². The van der Waals surface area contributed by atoms with Gasteiger partial charge in [0.25, 0.3) is 0 Å². The highest BCUT2D eigenvalue weighted by atomic mass is 16.5. The maximum absolute atomic E-state index is 13.1. The SMILES string of the molecule is CCCCN(Cc1cccn1C)C(=O)CN(CCOC)C(=O)/C=C/c1ccccc1. The zero-order valence-electron chi connectivity index (χ0n) is 18.3. The van der Waals surface area contributed by atoms with Crippen molar-refractivity contribution in [1.29, 1.82) is 0 Å². The first-order valence-electron chi connectivity index (χ1n) is 10.4. The van der Waals surface area contributed by atoms with Gasteiger partial charge >= 0.3 is 0 Å². The van der Waals surface area contributed by atoms with Crippen LogP contribution in [0.5, 0.6) is 0 Å². The lowest BCUT2D eigenvalue weighted by Crippen LogP contribution is -2.43. The molecule has 0 bridgehead atoms. The molecule has 162 valence electrons. The van der Waals surface area contributed by atoms with Crippen molar-refractivity contribution < 1.29 is 14.3 Å². The number of unbranched alkanes of at least 4 members (excludes halogenated alkanes) is 1. The quantitative estimate of drug-likeness (QED) is 0.504. The molecule has 1 aromatic heterocycles. The number of hydrogen-bond acceptors (Lipinski definition) is 3. The van der Waals surface area contributed by atoms with Crippen molar-refractivity contribution >= 4 is 17.9 Å². The first-order valence-corrected chi connectivity index (χ1v) is 10.4. The lowest BCUT2D eigenvalue weighted by atomic mass is 10.2. The fourth-order valence-electron chi connectivity index (χ4n) is 3.07. The van der Waals surface area contributed by atoms with Crippen LogP contribution >= 0.6 is 0 Å². The van der Waals surface area contributed by atoms with E-state index in [9.17, 15) is 9.59 Å². The molecule has 2 aromatic rings. The summed E-state index contributed by atoms with van der Waals surface area (Å²) < 4.78 is 7.16. The van der Waals surface area contributed by atoms with Crippen molar-refractivity contribution in [1.82, 2.24) is 14.4 Å². The molecule has 0 unspecified atom stereocenters. The zero-order chi connectivity index (χ0) is 21.8. The lowest BCUT2D eigenvalue weighted by molar-refractivity contribution is -0.139. The van der Waals surface area contributed by atoms with Crippen LogP contribution in [0.25, 0.3) is 6.08 Å². The fraction of sp³-hybridized carbons (Fsp3) is 0.417. The van der Waals surface area contributed by atoms with E-state index in [1.807, 2.05) is 65.2 Å². The molecule has 2 amide bonds. The number of amides is 2.